The molecular weight excluding hydrogens is 328 g/mol. The lowest BCUT2D eigenvalue weighted by atomic mass is 9.95. The molecule has 0 radical (unpaired) electrons. The van der Waals surface area contributed by atoms with Gasteiger partial charge in [-0.05, 0) is 30.7 Å². The molecule has 1 atom stereocenters. The van der Waals surface area contributed by atoms with Crippen molar-refractivity contribution in [2.45, 2.75) is 37.7 Å². The van der Waals surface area contributed by atoms with Crippen molar-refractivity contribution in [3.63, 3.8) is 0 Å². The SMILES string of the molecule is C=CCC(O)(CC=C)CNC(=O)c1cc(CC(C)c2ccccc2)no1. The van der Waals surface area contributed by atoms with Crippen molar-refractivity contribution >= 4 is 5.91 Å². The third-order valence-electron chi connectivity index (χ3n) is 4.29. The normalized spacial score (nSPS) is 12.4. The standard InChI is InChI=1S/C21H26N2O3/c1-4-11-21(25,12-5-2)15-22-20(24)19-14-18(23-26-19)13-16(3)17-9-7-6-8-10-17/h4-10,14,16,25H,1-2,11-13,15H2,3H3,(H,22,24). The summed E-state index contributed by atoms with van der Waals surface area (Å²) in [5.41, 5.74) is 0.837. The summed E-state index contributed by atoms with van der Waals surface area (Å²) in [5, 5.41) is 17.1. The Hall–Kier alpha value is -2.66. The maximum Gasteiger partial charge on any atom is 0.290 e. The number of carbonyl (C=O) groups is 1. The van der Waals surface area contributed by atoms with Crippen molar-refractivity contribution in [3.8, 4) is 0 Å². The molecule has 0 aliphatic rings. The van der Waals surface area contributed by atoms with Crippen LogP contribution in [0.15, 0.2) is 66.2 Å². The minimum atomic E-state index is -1.09. The molecule has 2 rings (SSSR count). The molecular formula is C21H26N2O3. The Morgan fingerprint density at radius 1 is 1.31 bits per heavy atom. The Labute approximate surface area is 154 Å². The van der Waals surface area contributed by atoms with Gasteiger partial charge in [0.15, 0.2) is 0 Å². The zero-order chi connectivity index (χ0) is 19.0. The van der Waals surface area contributed by atoms with E-state index in [1.165, 1.54) is 5.56 Å². The molecule has 0 spiro atoms. The molecule has 1 unspecified atom stereocenters. The van der Waals surface area contributed by atoms with Crippen LogP contribution in [0.5, 0.6) is 0 Å². The number of rotatable bonds is 10. The molecule has 1 amide bonds. The fourth-order valence-electron chi connectivity index (χ4n) is 2.83. The molecule has 0 aliphatic carbocycles. The fraction of sp³-hybridized carbons (Fsp3) is 0.333. The highest BCUT2D eigenvalue weighted by atomic mass is 16.5. The van der Waals surface area contributed by atoms with Crippen molar-refractivity contribution in [3.05, 3.63) is 78.7 Å². The number of aromatic nitrogens is 1. The predicted octanol–water partition coefficient (Wildman–Crippen LogP) is 3.63. The zero-order valence-corrected chi connectivity index (χ0v) is 15.1. The second-order valence-corrected chi connectivity index (χ2v) is 6.59. The molecule has 1 aromatic heterocycles. The summed E-state index contributed by atoms with van der Waals surface area (Å²) in [6, 6.07) is 11.8. The first-order valence-electron chi connectivity index (χ1n) is 8.70. The first kappa shape index (κ1) is 19.7. The molecule has 0 fully saturated rings. The minimum absolute atomic E-state index is 0.0837. The molecule has 26 heavy (non-hydrogen) atoms. The molecule has 0 aliphatic heterocycles. The number of hydrogen-bond donors (Lipinski definition) is 2. The van der Waals surface area contributed by atoms with Crippen molar-refractivity contribution < 1.29 is 14.4 Å². The van der Waals surface area contributed by atoms with Crippen LogP contribution < -0.4 is 5.32 Å². The number of nitrogens with one attached hydrogen (secondary N) is 1. The lowest BCUT2D eigenvalue weighted by Crippen LogP contribution is -2.42. The number of hydrogen-bond acceptors (Lipinski definition) is 4. The van der Waals surface area contributed by atoms with E-state index < -0.39 is 11.5 Å². The number of amides is 1. The van der Waals surface area contributed by atoms with Gasteiger partial charge in [-0.25, -0.2) is 0 Å². The van der Waals surface area contributed by atoms with Crippen LogP contribution in [0.1, 0.15) is 47.5 Å². The summed E-state index contributed by atoms with van der Waals surface area (Å²) >= 11 is 0. The summed E-state index contributed by atoms with van der Waals surface area (Å²) in [5.74, 6) is 0.00460. The third-order valence-corrected chi connectivity index (χ3v) is 4.29. The summed E-state index contributed by atoms with van der Waals surface area (Å²) in [7, 11) is 0. The van der Waals surface area contributed by atoms with Gasteiger partial charge >= 0.3 is 0 Å². The molecule has 5 nitrogen and oxygen atoms in total. The molecule has 5 heteroatoms. The number of nitrogens with zero attached hydrogens (tertiary/aromatic N) is 1. The van der Waals surface area contributed by atoms with E-state index in [-0.39, 0.29) is 18.2 Å². The van der Waals surface area contributed by atoms with Crippen LogP contribution in [0.3, 0.4) is 0 Å². The summed E-state index contributed by atoms with van der Waals surface area (Å²) in [4.78, 5) is 12.3. The van der Waals surface area contributed by atoms with Crippen LogP contribution >= 0.6 is 0 Å². The van der Waals surface area contributed by atoms with E-state index in [9.17, 15) is 9.90 Å². The Balaban J connectivity index is 1.94. The van der Waals surface area contributed by atoms with Gasteiger partial charge < -0.3 is 14.9 Å². The number of carbonyl (C=O) groups excluding carboxylic acids is 1. The van der Waals surface area contributed by atoms with Gasteiger partial charge in [-0.3, -0.25) is 4.79 Å². The quantitative estimate of drug-likeness (QED) is 0.639. The third kappa shape index (κ3) is 5.43. The van der Waals surface area contributed by atoms with E-state index >= 15 is 0 Å². The number of aliphatic hydroxyl groups is 1. The van der Waals surface area contributed by atoms with E-state index in [0.717, 1.165) is 5.69 Å². The second-order valence-electron chi connectivity index (χ2n) is 6.59. The van der Waals surface area contributed by atoms with E-state index in [1.54, 1.807) is 18.2 Å². The maximum atomic E-state index is 12.3. The predicted molar refractivity (Wildman–Crippen MR) is 102 cm³/mol. The molecule has 1 aromatic carbocycles. The van der Waals surface area contributed by atoms with Gasteiger partial charge in [-0.1, -0.05) is 54.6 Å². The Morgan fingerprint density at radius 2 is 1.96 bits per heavy atom. The summed E-state index contributed by atoms with van der Waals surface area (Å²) in [6.45, 7) is 9.46. The first-order valence-corrected chi connectivity index (χ1v) is 8.70. The highest BCUT2D eigenvalue weighted by molar-refractivity contribution is 5.91. The van der Waals surface area contributed by atoms with E-state index in [2.05, 4.69) is 42.7 Å². The van der Waals surface area contributed by atoms with Crippen LogP contribution in [0.25, 0.3) is 0 Å². The lowest BCUT2D eigenvalue weighted by molar-refractivity contribution is 0.0430. The molecule has 1 heterocycles. The van der Waals surface area contributed by atoms with Gasteiger partial charge in [0.1, 0.15) is 0 Å². The van der Waals surface area contributed by atoms with Gasteiger partial charge in [0, 0.05) is 12.6 Å². The van der Waals surface area contributed by atoms with Gasteiger partial charge in [-0.2, -0.15) is 0 Å². The van der Waals surface area contributed by atoms with Crippen molar-refractivity contribution in [2.75, 3.05) is 6.54 Å². The highest BCUT2D eigenvalue weighted by Gasteiger charge is 2.25. The van der Waals surface area contributed by atoms with Crippen LogP contribution in [0.4, 0.5) is 0 Å². The molecule has 138 valence electrons. The molecule has 0 bridgehead atoms. The minimum Gasteiger partial charge on any atom is -0.387 e. The Bertz CT molecular complexity index is 727. The number of benzene rings is 1. The molecule has 0 saturated carbocycles. The largest absolute Gasteiger partial charge is 0.387 e. The van der Waals surface area contributed by atoms with Gasteiger partial charge in [-0.15, -0.1) is 13.2 Å². The average molecular weight is 354 g/mol. The van der Waals surface area contributed by atoms with Crippen LogP contribution in [-0.4, -0.2) is 28.3 Å². The Morgan fingerprint density at radius 3 is 2.58 bits per heavy atom. The van der Waals surface area contributed by atoms with Crippen LogP contribution in [0, 0.1) is 0 Å². The molecule has 0 saturated heterocycles. The second kappa shape index (κ2) is 9.15. The van der Waals surface area contributed by atoms with E-state index in [0.29, 0.717) is 19.3 Å². The van der Waals surface area contributed by atoms with Crippen molar-refractivity contribution in [1.29, 1.82) is 0 Å². The Kier molecular flexibility index (Phi) is 6.92. The van der Waals surface area contributed by atoms with Crippen LogP contribution in [0.2, 0.25) is 0 Å². The van der Waals surface area contributed by atoms with Gasteiger partial charge in [0.2, 0.25) is 5.76 Å². The first-order chi connectivity index (χ1) is 12.5. The zero-order valence-electron chi connectivity index (χ0n) is 15.1. The maximum absolute atomic E-state index is 12.3. The average Bonchev–Trinajstić information content (AvgIpc) is 3.09. The lowest BCUT2D eigenvalue weighted by Gasteiger charge is -2.25. The smallest absolute Gasteiger partial charge is 0.290 e. The molecule has 2 aromatic rings. The van der Waals surface area contributed by atoms with Crippen LogP contribution in [-0.2, 0) is 6.42 Å². The van der Waals surface area contributed by atoms with E-state index in [1.807, 2.05) is 18.2 Å². The van der Waals surface area contributed by atoms with E-state index in [4.69, 9.17) is 4.52 Å². The highest BCUT2D eigenvalue weighted by Crippen LogP contribution is 2.20. The van der Waals surface area contributed by atoms with Gasteiger partial charge in [0.25, 0.3) is 5.91 Å². The fourth-order valence-corrected chi connectivity index (χ4v) is 2.83. The topological polar surface area (TPSA) is 75.4 Å². The van der Waals surface area contributed by atoms with Crippen molar-refractivity contribution in [2.24, 2.45) is 0 Å². The monoisotopic (exact) mass is 354 g/mol. The molecule has 2 N–H and O–H groups in total. The van der Waals surface area contributed by atoms with Crippen molar-refractivity contribution in [1.82, 2.24) is 10.5 Å². The summed E-state index contributed by atoms with van der Waals surface area (Å²) in [6.07, 6.45) is 4.63. The summed E-state index contributed by atoms with van der Waals surface area (Å²) < 4.78 is 5.16. The van der Waals surface area contributed by atoms with Gasteiger partial charge in [0.05, 0.1) is 11.3 Å².